The van der Waals surface area contributed by atoms with E-state index in [-0.39, 0.29) is 6.04 Å². The van der Waals surface area contributed by atoms with E-state index in [1.54, 1.807) is 0 Å². The average Bonchev–Trinajstić information content (AvgIpc) is 2.16. The van der Waals surface area contributed by atoms with Gasteiger partial charge in [0, 0.05) is 51.9 Å². The molecule has 0 bridgehead atoms. The molecule has 14 heavy (non-hydrogen) atoms. The van der Waals surface area contributed by atoms with E-state index in [9.17, 15) is 0 Å². The van der Waals surface area contributed by atoms with Crippen molar-refractivity contribution < 1.29 is 5.11 Å². The Morgan fingerprint density at radius 1 is 1.21 bits per heavy atom. The summed E-state index contributed by atoms with van der Waals surface area (Å²) in [5, 5.41) is 8.71. The summed E-state index contributed by atoms with van der Waals surface area (Å²) in [5.74, 6) is 0. The Bertz CT molecular complexity index is 144. The molecule has 1 heterocycles. The first-order valence-corrected chi connectivity index (χ1v) is 5.53. The van der Waals surface area contributed by atoms with Crippen LogP contribution in [0.5, 0.6) is 0 Å². The molecule has 0 spiro atoms. The van der Waals surface area contributed by atoms with Gasteiger partial charge in [-0.1, -0.05) is 0 Å². The summed E-state index contributed by atoms with van der Waals surface area (Å²) in [6.45, 7) is 8.87. The summed E-state index contributed by atoms with van der Waals surface area (Å²) in [6.07, 6.45) is 0.896. The van der Waals surface area contributed by atoms with Crippen LogP contribution in [0.2, 0.25) is 0 Å². The molecule has 1 aliphatic heterocycles. The van der Waals surface area contributed by atoms with Crippen molar-refractivity contribution in [2.75, 3.05) is 45.9 Å². The summed E-state index contributed by atoms with van der Waals surface area (Å²) in [5.41, 5.74) is 5.75. The monoisotopic (exact) mass is 201 g/mol. The van der Waals surface area contributed by atoms with E-state index in [1.165, 1.54) is 0 Å². The number of piperazine rings is 1. The number of hydrogen-bond donors (Lipinski definition) is 2. The molecule has 1 atom stereocenters. The van der Waals surface area contributed by atoms with E-state index in [0.717, 1.165) is 45.7 Å². The fourth-order valence-corrected chi connectivity index (χ4v) is 1.90. The predicted molar refractivity (Wildman–Crippen MR) is 58.2 cm³/mol. The summed E-state index contributed by atoms with van der Waals surface area (Å²) in [7, 11) is 0. The second-order valence-electron chi connectivity index (χ2n) is 4.20. The van der Waals surface area contributed by atoms with Crippen molar-refractivity contribution in [2.24, 2.45) is 5.73 Å². The minimum absolute atomic E-state index is 0.277. The Kier molecular flexibility index (Phi) is 5.40. The Labute approximate surface area is 86.7 Å². The fourth-order valence-electron chi connectivity index (χ4n) is 1.90. The van der Waals surface area contributed by atoms with Gasteiger partial charge in [-0.05, 0) is 13.3 Å². The molecule has 0 aromatic rings. The van der Waals surface area contributed by atoms with E-state index in [1.807, 2.05) is 0 Å². The number of rotatable bonds is 5. The first kappa shape index (κ1) is 11.9. The zero-order chi connectivity index (χ0) is 10.4. The number of nitrogens with zero attached hydrogens (tertiary/aromatic N) is 2. The first-order valence-electron chi connectivity index (χ1n) is 5.53. The largest absolute Gasteiger partial charge is 0.396 e. The van der Waals surface area contributed by atoms with Gasteiger partial charge in [-0.3, -0.25) is 4.90 Å². The molecule has 1 rings (SSSR count). The third kappa shape index (κ3) is 4.37. The van der Waals surface area contributed by atoms with Crippen molar-refractivity contribution in [2.45, 2.75) is 19.4 Å². The summed E-state index contributed by atoms with van der Waals surface area (Å²) >= 11 is 0. The van der Waals surface area contributed by atoms with Gasteiger partial charge in [0.2, 0.25) is 0 Å². The van der Waals surface area contributed by atoms with Crippen LogP contribution in [0.3, 0.4) is 0 Å². The van der Waals surface area contributed by atoms with Gasteiger partial charge < -0.3 is 15.7 Å². The van der Waals surface area contributed by atoms with Crippen LogP contribution in [0.4, 0.5) is 0 Å². The molecule has 1 unspecified atom stereocenters. The second-order valence-corrected chi connectivity index (χ2v) is 4.20. The van der Waals surface area contributed by atoms with Crippen LogP contribution >= 0.6 is 0 Å². The summed E-state index contributed by atoms with van der Waals surface area (Å²) in [4.78, 5) is 4.83. The van der Waals surface area contributed by atoms with E-state index < -0.39 is 0 Å². The zero-order valence-corrected chi connectivity index (χ0v) is 9.15. The van der Waals surface area contributed by atoms with Crippen LogP contribution in [-0.2, 0) is 0 Å². The molecule has 0 aliphatic carbocycles. The van der Waals surface area contributed by atoms with Gasteiger partial charge in [-0.2, -0.15) is 0 Å². The van der Waals surface area contributed by atoms with Crippen molar-refractivity contribution in [1.29, 1.82) is 0 Å². The van der Waals surface area contributed by atoms with Gasteiger partial charge in [0.25, 0.3) is 0 Å². The maximum atomic E-state index is 8.71. The fraction of sp³-hybridized carbons (Fsp3) is 1.00. The lowest BCUT2D eigenvalue weighted by atomic mass is 10.2. The quantitative estimate of drug-likeness (QED) is 0.620. The molecule has 0 amide bonds. The maximum absolute atomic E-state index is 8.71. The van der Waals surface area contributed by atoms with Gasteiger partial charge in [0.05, 0.1) is 0 Å². The molecule has 3 N–H and O–H groups in total. The predicted octanol–water partition coefficient (Wildman–Crippen LogP) is -0.666. The van der Waals surface area contributed by atoms with Gasteiger partial charge in [0.15, 0.2) is 0 Å². The van der Waals surface area contributed by atoms with Crippen LogP contribution < -0.4 is 5.73 Å². The third-order valence-corrected chi connectivity index (χ3v) is 2.64. The van der Waals surface area contributed by atoms with Crippen molar-refractivity contribution in [1.82, 2.24) is 9.80 Å². The average molecular weight is 201 g/mol. The highest BCUT2D eigenvalue weighted by molar-refractivity contribution is 4.73. The molecule has 4 nitrogen and oxygen atoms in total. The number of nitrogens with two attached hydrogens (primary N) is 1. The number of aliphatic hydroxyl groups excluding tert-OH is 1. The highest BCUT2D eigenvalue weighted by atomic mass is 16.3. The van der Waals surface area contributed by atoms with Crippen molar-refractivity contribution in [3.8, 4) is 0 Å². The molecular formula is C10H23N3O. The molecule has 1 saturated heterocycles. The van der Waals surface area contributed by atoms with Crippen LogP contribution in [-0.4, -0.2) is 66.8 Å². The SMILES string of the molecule is CC(N)CN1CCN(CCCO)CC1. The molecule has 0 aromatic carbocycles. The first-order chi connectivity index (χ1) is 6.72. The molecule has 0 aromatic heterocycles. The van der Waals surface area contributed by atoms with Crippen LogP contribution in [0.15, 0.2) is 0 Å². The minimum Gasteiger partial charge on any atom is -0.396 e. The van der Waals surface area contributed by atoms with Crippen LogP contribution in [0.1, 0.15) is 13.3 Å². The van der Waals surface area contributed by atoms with Crippen molar-refractivity contribution in [3.05, 3.63) is 0 Å². The molecule has 84 valence electrons. The van der Waals surface area contributed by atoms with Crippen molar-refractivity contribution in [3.63, 3.8) is 0 Å². The summed E-state index contributed by atoms with van der Waals surface area (Å²) in [6, 6.07) is 0.277. The van der Waals surface area contributed by atoms with Gasteiger partial charge in [-0.25, -0.2) is 0 Å². The van der Waals surface area contributed by atoms with E-state index >= 15 is 0 Å². The van der Waals surface area contributed by atoms with Crippen molar-refractivity contribution >= 4 is 0 Å². The molecule has 1 aliphatic rings. The Morgan fingerprint density at radius 2 is 1.79 bits per heavy atom. The highest BCUT2D eigenvalue weighted by Gasteiger charge is 2.16. The number of hydrogen-bond acceptors (Lipinski definition) is 4. The molecule has 0 saturated carbocycles. The Balaban J connectivity index is 2.11. The Hall–Kier alpha value is -0.160. The van der Waals surface area contributed by atoms with E-state index in [0.29, 0.717) is 6.61 Å². The maximum Gasteiger partial charge on any atom is 0.0443 e. The van der Waals surface area contributed by atoms with Crippen LogP contribution in [0.25, 0.3) is 0 Å². The summed E-state index contributed by atoms with van der Waals surface area (Å²) < 4.78 is 0. The van der Waals surface area contributed by atoms with Gasteiger partial charge in [0.1, 0.15) is 0 Å². The molecule has 1 fully saturated rings. The zero-order valence-electron chi connectivity index (χ0n) is 9.15. The lowest BCUT2D eigenvalue weighted by Gasteiger charge is -2.35. The van der Waals surface area contributed by atoms with Crippen LogP contribution in [0, 0.1) is 0 Å². The molecule has 0 radical (unpaired) electrons. The van der Waals surface area contributed by atoms with E-state index in [4.69, 9.17) is 10.8 Å². The molecule has 4 heteroatoms. The lowest BCUT2D eigenvalue weighted by Crippen LogP contribution is -2.49. The normalized spacial score (nSPS) is 22.5. The standard InChI is InChI=1S/C10H23N3O/c1-10(11)9-13-6-4-12(5-7-13)3-2-8-14/h10,14H,2-9,11H2,1H3. The van der Waals surface area contributed by atoms with Gasteiger partial charge in [-0.15, -0.1) is 0 Å². The van der Waals surface area contributed by atoms with Gasteiger partial charge >= 0.3 is 0 Å². The number of aliphatic hydroxyl groups is 1. The topological polar surface area (TPSA) is 52.7 Å². The lowest BCUT2D eigenvalue weighted by molar-refractivity contribution is 0.121. The second kappa shape index (κ2) is 6.35. The molecular weight excluding hydrogens is 178 g/mol. The third-order valence-electron chi connectivity index (χ3n) is 2.64. The minimum atomic E-state index is 0.277. The smallest absolute Gasteiger partial charge is 0.0443 e. The van der Waals surface area contributed by atoms with E-state index in [2.05, 4.69) is 16.7 Å². The Morgan fingerprint density at radius 3 is 2.29 bits per heavy atom. The highest BCUT2D eigenvalue weighted by Crippen LogP contribution is 2.02.